The first kappa shape index (κ1) is 17.8. The number of sulfonamides is 1. The number of nitrogens with zero attached hydrogens (tertiary/aromatic N) is 2. The molecule has 0 aliphatic carbocycles. The van der Waals surface area contributed by atoms with Crippen molar-refractivity contribution in [1.82, 2.24) is 14.5 Å². The molecule has 1 fully saturated rings. The van der Waals surface area contributed by atoms with Crippen LogP contribution in [0.1, 0.15) is 37.0 Å². The Labute approximate surface area is 148 Å². The Morgan fingerprint density at radius 3 is 2.88 bits per heavy atom. The summed E-state index contributed by atoms with van der Waals surface area (Å²) in [6, 6.07) is 9.06. The molecular weight excluding hydrogens is 338 g/mol. The van der Waals surface area contributed by atoms with Gasteiger partial charge in [-0.1, -0.05) is 30.3 Å². The van der Waals surface area contributed by atoms with Crippen LogP contribution >= 0.6 is 0 Å². The summed E-state index contributed by atoms with van der Waals surface area (Å²) >= 11 is 0. The van der Waals surface area contributed by atoms with Crippen LogP contribution in [-0.4, -0.2) is 30.8 Å². The van der Waals surface area contributed by atoms with E-state index < -0.39 is 10.0 Å². The number of benzene rings is 1. The monoisotopic (exact) mass is 361 g/mol. The molecule has 0 spiro atoms. The first-order valence-corrected chi connectivity index (χ1v) is 10.0. The van der Waals surface area contributed by atoms with E-state index in [-0.39, 0.29) is 12.1 Å². The van der Waals surface area contributed by atoms with Crippen LogP contribution in [0, 0.1) is 0 Å². The summed E-state index contributed by atoms with van der Waals surface area (Å²) in [5.74, 6) is 0. The second kappa shape index (κ2) is 7.95. The van der Waals surface area contributed by atoms with Crippen molar-refractivity contribution in [2.45, 2.75) is 38.5 Å². The maximum atomic E-state index is 12.4. The van der Waals surface area contributed by atoms with E-state index in [1.54, 1.807) is 12.3 Å². The van der Waals surface area contributed by atoms with Crippen LogP contribution in [0.25, 0.3) is 6.08 Å². The maximum absolute atomic E-state index is 12.4. The van der Waals surface area contributed by atoms with E-state index in [0.717, 1.165) is 30.5 Å². The fourth-order valence-electron chi connectivity index (χ4n) is 2.91. The fourth-order valence-corrected chi connectivity index (χ4v) is 3.99. The van der Waals surface area contributed by atoms with Gasteiger partial charge in [0.15, 0.2) is 0 Å². The largest absolute Gasteiger partial charge is 0.372 e. The molecule has 134 valence electrons. The second-order valence-electron chi connectivity index (χ2n) is 6.05. The van der Waals surface area contributed by atoms with Crippen molar-refractivity contribution in [2.75, 3.05) is 6.61 Å². The van der Waals surface area contributed by atoms with Crippen molar-refractivity contribution in [1.29, 1.82) is 0 Å². The van der Waals surface area contributed by atoms with Crippen LogP contribution in [0.3, 0.4) is 0 Å². The average Bonchev–Trinajstić information content (AvgIpc) is 3.10. The van der Waals surface area contributed by atoms with E-state index >= 15 is 0 Å². The number of nitrogens with one attached hydrogen (secondary N) is 1. The van der Waals surface area contributed by atoms with Crippen LogP contribution in [0.15, 0.2) is 48.1 Å². The third kappa shape index (κ3) is 4.78. The molecule has 2 atom stereocenters. The molecule has 0 saturated carbocycles. The molecule has 7 heteroatoms. The fraction of sp³-hybridized carbons (Fsp3) is 0.389. The number of hydrogen-bond acceptors (Lipinski definition) is 4. The SMILES string of the molecule is CCn1cc([C@H]2OCCC[C@@H]2NS(=O)(=O)/C=C/c2ccccc2)cn1. The van der Waals surface area contributed by atoms with E-state index in [0.29, 0.717) is 6.61 Å². The van der Waals surface area contributed by atoms with Crippen LogP contribution < -0.4 is 4.72 Å². The van der Waals surface area contributed by atoms with E-state index in [1.165, 1.54) is 5.41 Å². The van der Waals surface area contributed by atoms with E-state index in [4.69, 9.17) is 4.74 Å². The molecule has 2 heterocycles. The highest BCUT2D eigenvalue weighted by molar-refractivity contribution is 7.92. The first-order valence-electron chi connectivity index (χ1n) is 8.47. The lowest BCUT2D eigenvalue weighted by Crippen LogP contribution is -2.41. The predicted octanol–water partition coefficient (Wildman–Crippen LogP) is 2.71. The number of hydrogen-bond donors (Lipinski definition) is 1. The van der Waals surface area contributed by atoms with Gasteiger partial charge in [0, 0.05) is 30.3 Å². The molecule has 3 rings (SSSR count). The highest BCUT2D eigenvalue weighted by atomic mass is 32.2. The van der Waals surface area contributed by atoms with E-state index in [9.17, 15) is 8.42 Å². The minimum Gasteiger partial charge on any atom is -0.372 e. The molecule has 1 aliphatic heterocycles. The summed E-state index contributed by atoms with van der Waals surface area (Å²) in [4.78, 5) is 0. The lowest BCUT2D eigenvalue weighted by atomic mass is 9.99. The Balaban J connectivity index is 1.73. The standard InChI is InChI=1S/C18H23N3O3S/c1-2-21-14-16(13-19-21)18-17(9-6-11-24-18)20-25(22,23)12-10-15-7-4-3-5-8-15/h3-5,7-8,10,12-14,17-18,20H,2,6,9,11H2,1H3/b12-10+/t17-,18+/m0/s1. The Hall–Kier alpha value is -1.96. The zero-order valence-corrected chi connectivity index (χ0v) is 15.0. The Bertz CT molecular complexity index is 815. The van der Waals surface area contributed by atoms with Gasteiger partial charge in [0.05, 0.1) is 12.2 Å². The molecule has 25 heavy (non-hydrogen) atoms. The normalized spacial score (nSPS) is 21.6. The lowest BCUT2D eigenvalue weighted by Gasteiger charge is -2.31. The van der Waals surface area contributed by atoms with Gasteiger partial charge < -0.3 is 4.74 Å². The van der Waals surface area contributed by atoms with E-state index in [2.05, 4.69) is 9.82 Å². The van der Waals surface area contributed by atoms with Crippen LogP contribution in [0.4, 0.5) is 0 Å². The van der Waals surface area contributed by atoms with Crippen molar-refractivity contribution in [3.05, 3.63) is 59.3 Å². The van der Waals surface area contributed by atoms with Gasteiger partial charge >= 0.3 is 0 Å². The second-order valence-corrected chi connectivity index (χ2v) is 7.64. The zero-order valence-electron chi connectivity index (χ0n) is 14.2. The van der Waals surface area contributed by atoms with Gasteiger partial charge in [-0.05, 0) is 31.4 Å². The predicted molar refractivity (Wildman–Crippen MR) is 97.1 cm³/mol. The van der Waals surface area contributed by atoms with Crippen LogP contribution in [0.5, 0.6) is 0 Å². The van der Waals surface area contributed by atoms with Gasteiger partial charge in [0.25, 0.3) is 0 Å². The van der Waals surface area contributed by atoms with Crippen molar-refractivity contribution < 1.29 is 13.2 Å². The molecule has 6 nitrogen and oxygen atoms in total. The number of rotatable bonds is 6. The van der Waals surface area contributed by atoms with Crippen LogP contribution in [-0.2, 0) is 21.3 Å². The summed E-state index contributed by atoms with van der Waals surface area (Å²) in [5, 5.41) is 5.47. The van der Waals surface area contributed by atoms with Gasteiger partial charge in [-0.25, -0.2) is 13.1 Å². The first-order chi connectivity index (χ1) is 12.1. The molecule has 1 aromatic heterocycles. The highest BCUT2D eigenvalue weighted by Gasteiger charge is 2.31. The maximum Gasteiger partial charge on any atom is 0.234 e. The van der Waals surface area contributed by atoms with Crippen molar-refractivity contribution in [3.8, 4) is 0 Å². The van der Waals surface area contributed by atoms with Gasteiger partial charge in [0.1, 0.15) is 6.10 Å². The van der Waals surface area contributed by atoms with Crippen molar-refractivity contribution >= 4 is 16.1 Å². The molecule has 1 aromatic carbocycles. The molecule has 0 bridgehead atoms. The lowest BCUT2D eigenvalue weighted by molar-refractivity contribution is -0.00438. The van der Waals surface area contributed by atoms with Crippen LogP contribution in [0.2, 0.25) is 0 Å². The molecule has 1 aliphatic rings. The molecule has 0 radical (unpaired) electrons. The van der Waals surface area contributed by atoms with Gasteiger partial charge in [0.2, 0.25) is 10.0 Å². The Kier molecular flexibility index (Phi) is 5.67. The summed E-state index contributed by atoms with van der Waals surface area (Å²) in [6.45, 7) is 3.40. The Morgan fingerprint density at radius 1 is 1.36 bits per heavy atom. The molecule has 1 saturated heterocycles. The van der Waals surface area contributed by atoms with Gasteiger partial charge in [-0.3, -0.25) is 4.68 Å². The molecule has 0 unspecified atom stereocenters. The summed E-state index contributed by atoms with van der Waals surface area (Å²) in [6.07, 6.45) is 6.51. The summed E-state index contributed by atoms with van der Waals surface area (Å²) in [5.41, 5.74) is 1.75. The number of ether oxygens (including phenoxy) is 1. The third-order valence-corrected chi connectivity index (χ3v) is 5.31. The number of aryl methyl sites for hydroxylation is 1. The van der Waals surface area contributed by atoms with Crippen molar-refractivity contribution in [3.63, 3.8) is 0 Å². The minimum absolute atomic E-state index is 0.298. The molecule has 0 amide bonds. The minimum atomic E-state index is -3.56. The quantitative estimate of drug-likeness (QED) is 0.859. The highest BCUT2D eigenvalue weighted by Crippen LogP contribution is 2.28. The van der Waals surface area contributed by atoms with Gasteiger partial charge in [-0.2, -0.15) is 5.10 Å². The van der Waals surface area contributed by atoms with E-state index in [1.807, 2.05) is 48.1 Å². The smallest absolute Gasteiger partial charge is 0.234 e. The molecule has 1 N–H and O–H groups in total. The number of aromatic nitrogens is 2. The van der Waals surface area contributed by atoms with Crippen molar-refractivity contribution in [2.24, 2.45) is 0 Å². The average molecular weight is 361 g/mol. The molecule has 2 aromatic rings. The summed E-state index contributed by atoms with van der Waals surface area (Å²) < 4.78 is 35.3. The van der Waals surface area contributed by atoms with Gasteiger partial charge in [-0.15, -0.1) is 0 Å². The Morgan fingerprint density at radius 2 is 2.16 bits per heavy atom. The zero-order chi connectivity index (χ0) is 17.7. The third-order valence-electron chi connectivity index (χ3n) is 4.18. The topological polar surface area (TPSA) is 73.2 Å². The summed E-state index contributed by atoms with van der Waals surface area (Å²) in [7, 11) is -3.56. The molecular formula is C18H23N3O3S.